The molecule has 1 saturated carbocycles. The maximum Gasteiger partial charge on any atom is 0.251 e. The van der Waals surface area contributed by atoms with Gasteiger partial charge in [-0.05, 0) is 98.6 Å². The molecule has 6 rings (SSSR count). The van der Waals surface area contributed by atoms with Gasteiger partial charge in [-0.25, -0.2) is 9.37 Å². The van der Waals surface area contributed by atoms with Crippen molar-refractivity contribution >= 4 is 34.9 Å². The SMILES string of the molecule is O=C(NCCCN1CCCC1)c1ccc(-c2cnc3c(c2)C2C[C@H]2C(c2c(Cl)ccc(F)c2Cl)N3)cc1. The average Bonchev–Trinajstić information content (AvgIpc) is 3.56. The number of pyridine rings is 1. The number of rotatable bonds is 7. The largest absolute Gasteiger partial charge is 0.363 e. The van der Waals surface area contributed by atoms with Gasteiger partial charge in [0.15, 0.2) is 0 Å². The number of anilines is 1. The molecule has 2 aromatic carbocycles. The molecular formula is C29H29Cl2FN4O. The first kappa shape index (κ1) is 24.7. The van der Waals surface area contributed by atoms with Gasteiger partial charge in [-0.2, -0.15) is 0 Å². The molecule has 2 fully saturated rings. The van der Waals surface area contributed by atoms with Gasteiger partial charge in [0.2, 0.25) is 0 Å². The maximum absolute atomic E-state index is 14.1. The molecule has 1 aliphatic carbocycles. The maximum atomic E-state index is 14.1. The summed E-state index contributed by atoms with van der Waals surface area (Å²) in [4.78, 5) is 19.7. The molecule has 3 atom stereocenters. The number of carbonyl (C=O) groups excluding carboxylic acids is 1. The Morgan fingerprint density at radius 2 is 1.89 bits per heavy atom. The smallest absolute Gasteiger partial charge is 0.251 e. The Morgan fingerprint density at radius 1 is 1.11 bits per heavy atom. The van der Waals surface area contributed by atoms with E-state index in [0.717, 1.165) is 41.9 Å². The van der Waals surface area contributed by atoms with Crippen molar-refractivity contribution in [3.8, 4) is 11.1 Å². The molecule has 1 amide bonds. The van der Waals surface area contributed by atoms with Crippen LogP contribution in [0.5, 0.6) is 0 Å². The van der Waals surface area contributed by atoms with Crippen LogP contribution < -0.4 is 10.6 Å². The summed E-state index contributed by atoms with van der Waals surface area (Å²) in [5, 5.41) is 7.03. The van der Waals surface area contributed by atoms with E-state index in [4.69, 9.17) is 28.2 Å². The Kier molecular flexibility index (Phi) is 6.82. The molecule has 1 aromatic heterocycles. The molecule has 0 bridgehead atoms. The number of hydrogen-bond donors (Lipinski definition) is 2. The minimum absolute atomic E-state index is 0.0396. The Morgan fingerprint density at radius 3 is 2.68 bits per heavy atom. The molecule has 2 N–H and O–H groups in total. The van der Waals surface area contributed by atoms with E-state index in [0.29, 0.717) is 28.6 Å². The van der Waals surface area contributed by atoms with Gasteiger partial charge < -0.3 is 15.5 Å². The van der Waals surface area contributed by atoms with Crippen molar-refractivity contribution in [2.45, 2.75) is 37.6 Å². The van der Waals surface area contributed by atoms with Crippen LogP contribution in [0.25, 0.3) is 11.1 Å². The Bertz CT molecular complexity index is 1330. The quantitative estimate of drug-likeness (QED) is 0.260. The molecule has 1 saturated heterocycles. The molecule has 3 aliphatic rings. The number of fused-ring (bicyclic) bond motifs is 3. The van der Waals surface area contributed by atoms with Crippen molar-refractivity contribution < 1.29 is 9.18 Å². The lowest BCUT2D eigenvalue weighted by Gasteiger charge is -2.28. The Balaban J connectivity index is 1.12. The van der Waals surface area contributed by atoms with E-state index in [2.05, 4.69) is 21.6 Å². The molecule has 5 nitrogen and oxygen atoms in total. The van der Waals surface area contributed by atoms with Crippen LogP contribution in [0.2, 0.25) is 10.0 Å². The number of hydrogen-bond acceptors (Lipinski definition) is 4. The lowest BCUT2D eigenvalue weighted by Crippen LogP contribution is -2.28. The fourth-order valence-electron chi connectivity index (χ4n) is 5.78. The van der Waals surface area contributed by atoms with E-state index in [1.807, 2.05) is 30.5 Å². The van der Waals surface area contributed by atoms with E-state index in [-0.39, 0.29) is 22.9 Å². The summed E-state index contributed by atoms with van der Waals surface area (Å²) in [5.74, 6) is 0.900. The first-order valence-corrected chi connectivity index (χ1v) is 13.8. The second-order valence-corrected chi connectivity index (χ2v) is 11.1. The van der Waals surface area contributed by atoms with Crippen LogP contribution >= 0.6 is 23.2 Å². The molecule has 0 radical (unpaired) electrons. The van der Waals surface area contributed by atoms with E-state index in [1.165, 1.54) is 32.0 Å². The monoisotopic (exact) mass is 538 g/mol. The van der Waals surface area contributed by atoms with Crippen molar-refractivity contribution in [1.29, 1.82) is 0 Å². The molecule has 3 aromatic rings. The van der Waals surface area contributed by atoms with Gasteiger partial charge in [0.25, 0.3) is 5.91 Å². The topological polar surface area (TPSA) is 57.3 Å². The summed E-state index contributed by atoms with van der Waals surface area (Å²) in [6.07, 6.45) is 6.34. The van der Waals surface area contributed by atoms with Crippen LogP contribution in [-0.2, 0) is 0 Å². The van der Waals surface area contributed by atoms with Gasteiger partial charge in [-0.1, -0.05) is 35.3 Å². The van der Waals surface area contributed by atoms with Crippen LogP contribution in [0.1, 0.15) is 59.1 Å². The lowest BCUT2D eigenvalue weighted by molar-refractivity contribution is 0.0952. The lowest BCUT2D eigenvalue weighted by atomic mass is 9.93. The summed E-state index contributed by atoms with van der Waals surface area (Å²) in [7, 11) is 0. The van der Waals surface area contributed by atoms with Gasteiger partial charge >= 0.3 is 0 Å². The molecule has 37 heavy (non-hydrogen) atoms. The van der Waals surface area contributed by atoms with E-state index in [9.17, 15) is 9.18 Å². The molecule has 0 spiro atoms. The van der Waals surface area contributed by atoms with Gasteiger partial charge in [0.05, 0.1) is 11.1 Å². The average molecular weight is 539 g/mol. The predicted molar refractivity (Wildman–Crippen MR) is 146 cm³/mol. The van der Waals surface area contributed by atoms with E-state index < -0.39 is 5.82 Å². The van der Waals surface area contributed by atoms with Gasteiger partial charge in [-0.15, -0.1) is 0 Å². The minimum Gasteiger partial charge on any atom is -0.363 e. The number of carbonyl (C=O) groups is 1. The molecule has 8 heteroatoms. The molecule has 2 unspecified atom stereocenters. The summed E-state index contributed by atoms with van der Waals surface area (Å²) in [6, 6.07) is 12.5. The highest BCUT2D eigenvalue weighted by molar-refractivity contribution is 6.36. The van der Waals surface area contributed by atoms with E-state index >= 15 is 0 Å². The molecule has 2 aliphatic heterocycles. The summed E-state index contributed by atoms with van der Waals surface area (Å²) in [5.41, 5.74) is 4.44. The summed E-state index contributed by atoms with van der Waals surface area (Å²) >= 11 is 12.7. The number of benzene rings is 2. The van der Waals surface area contributed by atoms with Gasteiger partial charge in [0.1, 0.15) is 11.6 Å². The van der Waals surface area contributed by atoms with Gasteiger partial charge in [0, 0.05) is 34.5 Å². The van der Waals surface area contributed by atoms with Crippen molar-refractivity contribution in [2.75, 3.05) is 31.5 Å². The number of aromatic nitrogens is 1. The van der Waals surface area contributed by atoms with Crippen LogP contribution in [0.4, 0.5) is 10.2 Å². The summed E-state index contributed by atoms with van der Waals surface area (Å²) in [6.45, 7) is 4.10. The molecule has 192 valence electrons. The first-order chi connectivity index (χ1) is 18.0. The van der Waals surface area contributed by atoms with Crippen molar-refractivity contribution in [1.82, 2.24) is 15.2 Å². The third-order valence-electron chi connectivity index (χ3n) is 7.88. The third-order valence-corrected chi connectivity index (χ3v) is 8.60. The highest BCUT2D eigenvalue weighted by atomic mass is 35.5. The Labute approximate surface area is 226 Å². The van der Waals surface area contributed by atoms with Crippen molar-refractivity contribution in [2.24, 2.45) is 5.92 Å². The second kappa shape index (κ2) is 10.2. The fraction of sp³-hybridized carbons (Fsp3) is 0.379. The van der Waals surface area contributed by atoms with Gasteiger partial charge in [-0.3, -0.25) is 4.79 Å². The first-order valence-electron chi connectivity index (χ1n) is 13.0. The zero-order valence-electron chi connectivity index (χ0n) is 20.4. The van der Waals surface area contributed by atoms with Crippen molar-refractivity contribution in [3.05, 3.63) is 81.2 Å². The molecular weight excluding hydrogens is 510 g/mol. The fourth-order valence-corrected chi connectivity index (χ4v) is 6.38. The number of amides is 1. The van der Waals surface area contributed by atoms with E-state index in [1.54, 1.807) is 6.07 Å². The van der Waals surface area contributed by atoms with Crippen LogP contribution in [-0.4, -0.2) is 42.0 Å². The van der Waals surface area contributed by atoms with Crippen LogP contribution in [0, 0.1) is 11.7 Å². The number of nitrogens with one attached hydrogen (secondary N) is 2. The highest BCUT2D eigenvalue weighted by Gasteiger charge is 2.50. The summed E-state index contributed by atoms with van der Waals surface area (Å²) < 4.78 is 14.1. The number of likely N-dealkylation sites (tertiary alicyclic amines) is 1. The highest BCUT2D eigenvalue weighted by Crippen LogP contribution is 2.61. The number of nitrogens with zero attached hydrogens (tertiary/aromatic N) is 2. The minimum atomic E-state index is -0.464. The van der Waals surface area contributed by atoms with Crippen LogP contribution in [0.3, 0.4) is 0 Å². The zero-order chi connectivity index (χ0) is 25.5. The standard InChI is InChI=1S/C29H29Cl2FN4O/c30-23-8-9-24(32)26(31)25(23)27-21-15-20(21)22-14-19(16-34-28(22)35-27)17-4-6-18(7-5-17)29(37)33-10-3-13-36-11-1-2-12-36/h4-9,14,16,20-21,27H,1-3,10-13,15H2,(H,33,37)(H,34,35)/t20?,21-,27?/m1/s1. The Hall–Kier alpha value is -2.67. The zero-order valence-corrected chi connectivity index (χ0v) is 22.0. The third kappa shape index (κ3) is 4.95. The van der Waals surface area contributed by atoms with Crippen molar-refractivity contribution in [3.63, 3.8) is 0 Å². The number of halogens is 3. The predicted octanol–water partition coefficient (Wildman–Crippen LogP) is 6.68. The second-order valence-electron chi connectivity index (χ2n) is 10.3. The normalized spacial score (nSPS) is 22.2. The molecule has 3 heterocycles. The van der Waals surface area contributed by atoms with Crippen LogP contribution in [0.15, 0.2) is 48.7 Å².